The summed E-state index contributed by atoms with van der Waals surface area (Å²) in [5, 5.41) is 6.28. The number of nitrogens with one attached hydrogen (secondary N) is 2. The highest BCUT2D eigenvalue weighted by molar-refractivity contribution is 5.90. The van der Waals surface area contributed by atoms with Crippen LogP contribution in [0.3, 0.4) is 0 Å². The molecule has 3 nitrogen and oxygen atoms in total. The normalized spacial score (nSPS) is 10.6. The second-order valence-electron chi connectivity index (χ2n) is 3.86. The number of rotatable bonds is 4. The highest BCUT2D eigenvalue weighted by atomic mass is 14.9. The van der Waals surface area contributed by atoms with Crippen molar-refractivity contribution in [1.82, 2.24) is 0 Å². The molecule has 2 rings (SSSR count). The fourth-order valence-corrected chi connectivity index (χ4v) is 1.77. The van der Waals surface area contributed by atoms with Crippen molar-refractivity contribution in [3.63, 3.8) is 0 Å². The third-order valence-electron chi connectivity index (χ3n) is 2.75. The Kier molecular flexibility index (Phi) is 3.97. The molecule has 92 valence electrons. The van der Waals surface area contributed by atoms with Crippen LogP contribution < -0.4 is 10.6 Å². The molecule has 0 aromatic heterocycles. The zero-order valence-electron chi connectivity index (χ0n) is 10.6. The summed E-state index contributed by atoms with van der Waals surface area (Å²) in [5.41, 5.74) is 4.11. The molecule has 0 saturated carbocycles. The number of para-hydroxylation sites is 3. The van der Waals surface area contributed by atoms with Gasteiger partial charge in [-0.3, -0.25) is 4.99 Å². The highest BCUT2D eigenvalue weighted by Crippen LogP contribution is 2.24. The highest BCUT2D eigenvalue weighted by Gasteiger charge is 1.98. The number of hydrogen-bond donors (Lipinski definition) is 2. The number of nitrogens with zero attached hydrogens (tertiary/aromatic N) is 1. The Morgan fingerprint density at radius 3 is 2.17 bits per heavy atom. The van der Waals surface area contributed by atoms with E-state index in [1.807, 2.05) is 68.8 Å². The molecule has 0 fully saturated rings. The Labute approximate surface area is 108 Å². The van der Waals surface area contributed by atoms with Crippen molar-refractivity contribution in [2.75, 3.05) is 24.7 Å². The average molecular weight is 239 g/mol. The summed E-state index contributed by atoms with van der Waals surface area (Å²) in [6.45, 7) is 0. The summed E-state index contributed by atoms with van der Waals surface area (Å²) in [7, 11) is 3.81. The predicted octanol–water partition coefficient (Wildman–Crippen LogP) is 3.52. The number of hydrogen-bond acceptors (Lipinski definition) is 3. The number of benzene rings is 2. The monoisotopic (exact) mass is 239 g/mol. The van der Waals surface area contributed by atoms with Gasteiger partial charge in [-0.25, -0.2) is 0 Å². The molecule has 3 heteroatoms. The molecule has 2 aromatic carbocycles. The van der Waals surface area contributed by atoms with Crippen molar-refractivity contribution < 1.29 is 0 Å². The third kappa shape index (κ3) is 2.69. The van der Waals surface area contributed by atoms with Crippen molar-refractivity contribution in [1.29, 1.82) is 0 Å². The van der Waals surface area contributed by atoms with E-state index in [2.05, 4.69) is 15.6 Å². The van der Waals surface area contributed by atoms with Gasteiger partial charge in [-0.1, -0.05) is 30.3 Å². The van der Waals surface area contributed by atoms with E-state index in [0.29, 0.717) is 0 Å². The van der Waals surface area contributed by atoms with Gasteiger partial charge in [0.1, 0.15) is 0 Å². The van der Waals surface area contributed by atoms with Gasteiger partial charge in [-0.05, 0) is 18.2 Å². The van der Waals surface area contributed by atoms with E-state index >= 15 is 0 Å². The van der Waals surface area contributed by atoms with Crippen LogP contribution in [0.15, 0.2) is 53.5 Å². The first-order valence-electron chi connectivity index (χ1n) is 5.93. The first-order chi connectivity index (χ1) is 8.85. The molecule has 0 atom stereocenters. The Morgan fingerprint density at radius 1 is 0.833 bits per heavy atom. The van der Waals surface area contributed by atoms with Gasteiger partial charge in [0.05, 0.1) is 11.4 Å². The molecule has 2 aromatic rings. The van der Waals surface area contributed by atoms with Gasteiger partial charge in [-0.15, -0.1) is 0 Å². The van der Waals surface area contributed by atoms with Crippen LogP contribution in [0.5, 0.6) is 0 Å². The minimum atomic E-state index is 0.936. The van der Waals surface area contributed by atoms with Crippen LogP contribution in [0.2, 0.25) is 0 Å². The van der Waals surface area contributed by atoms with Gasteiger partial charge >= 0.3 is 0 Å². The minimum absolute atomic E-state index is 0.936. The molecular formula is C15H17N3. The second-order valence-corrected chi connectivity index (χ2v) is 3.86. The van der Waals surface area contributed by atoms with E-state index in [1.165, 1.54) is 0 Å². The molecule has 0 heterocycles. The molecule has 0 radical (unpaired) electrons. The van der Waals surface area contributed by atoms with E-state index in [9.17, 15) is 0 Å². The summed E-state index contributed by atoms with van der Waals surface area (Å²) >= 11 is 0. The van der Waals surface area contributed by atoms with Crippen LogP contribution in [-0.2, 0) is 0 Å². The van der Waals surface area contributed by atoms with Gasteiger partial charge in [0.2, 0.25) is 0 Å². The predicted molar refractivity (Wildman–Crippen MR) is 79.2 cm³/mol. The maximum atomic E-state index is 4.53. The third-order valence-corrected chi connectivity index (χ3v) is 2.75. The van der Waals surface area contributed by atoms with Crippen molar-refractivity contribution in [2.24, 2.45) is 4.99 Å². The van der Waals surface area contributed by atoms with Gasteiger partial charge in [0, 0.05) is 31.6 Å². The second kappa shape index (κ2) is 5.87. The van der Waals surface area contributed by atoms with E-state index in [0.717, 1.165) is 22.6 Å². The Hall–Kier alpha value is -2.29. The summed E-state index contributed by atoms with van der Waals surface area (Å²) in [6, 6.07) is 16.1. The molecule has 18 heavy (non-hydrogen) atoms. The Balaban J connectivity index is 2.30. The maximum absolute atomic E-state index is 4.53. The summed E-state index contributed by atoms with van der Waals surface area (Å²) in [6.07, 6.45) is 1.88. The SMILES string of the molecule is CNc1ccccc1C=Nc1ccccc1NC. The minimum Gasteiger partial charge on any atom is -0.388 e. The van der Waals surface area contributed by atoms with Gasteiger partial charge in [-0.2, -0.15) is 0 Å². The zero-order chi connectivity index (χ0) is 12.8. The average Bonchev–Trinajstić information content (AvgIpc) is 2.45. The van der Waals surface area contributed by atoms with E-state index < -0.39 is 0 Å². The van der Waals surface area contributed by atoms with E-state index in [1.54, 1.807) is 0 Å². The fourth-order valence-electron chi connectivity index (χ4n) is 1.77. The van der Waals surface area contributed by atoms with Crippen LogP contribution in [0.4, 0.5) is 17.1 Å². The lowest BCUT2D eigenvalue weighted by Gasteiger charge is -2.05. The summed E-state index contributed by atoms with van der Waals surface area (Å²) in [5.74, 6) is 0. The summed E-state index contributed by atoms with van der Waals surface area (Å²) < 4.78 is 0. The molecule has 0 aliphatic rings. The molecule has 0 unspecified atom stereocenters. The molecule has 2 N–H and O–H groups in total. The first kappa shape index (κ1) is 12.2. The smallest absolute Gasteiger partial charge is 0.0861 e. The van der Waals surface area contributed by atoms with Crippen molar-refractivity contribution in [2.45, 2.75) is 0 Å². The van der Waals surface area contributed by atoms with Gasteiger partial charge < -0.3 is 10.6 Å². The lowest BCUT2D eigenvalue weighted by atomic mass is 10.2. The lowest BCUT2D eigenvalue weighted by molar-refractivity contribution is 1.45. The van der Waals surface area contributed by atoms with Crippen molar-refractivity contribution >= 4 is 23.3 Å². The van der Waals surface area contributed by atoms with Crippen molar-refractivity contribution in [3.8, 4) is 0 Å². The largest absolute Gasteiger partial charge is 0.388 e. The molecule has 0 aliphatic heterocycles. The molecule has 0 aliphatic carbocycles. The fraction of sp³-hybridized carbons (Fsp3) is 0.133. The topological polar surface area (TPSA) is 36.4 Å². The molecule has 0 bridgehead atoms. The van der Waals surface area contributed by atoms with E-state index in [4.69, 9.17) is 0 Å². The van der Waals surface area contributed by atoms with Crippen LogP contribution in [0.25, 0.3) is 0 Å². The molecule has 0 spiro atoms. The molecule has 0 amide bonds. The quantitative estimate of drug-likeness (QED) is 0.801. The number of anilines is 2. The van der Waals surface area contributed by atoms with Crippen LogP contribution >= 0.6 is 0 Å². The standard InChI is InChI=1S/C15H17N3/c1-16-13-8-4-3-7-12(13)11-18-15-10-6-5-9-14(15)17-2/h3-11,16-17H,1-2H3. The zero-order valence-corrected chi connectivity index (χ0v) is 10.6. The number of aliphatic imine (C=N–C) groups is 1. The van der Waals surface area contributed by atoms with Crippen LogP contribution in [-0.4, -0.2) is 20.3 Å². The van der Waals surface area contributed by atoms with E-state index in [-0.39, 0.29) is 0 Å². The molecule has 0 saturated heterocycles. The summed E-state index contributed by atoms with van der Waals surface area (Å²) in [4.78, 5) is 4.53. The Bertz CT molecular complexity index is 497. The Morgan fingerprint density at radius 2 is 1.44 bits per heavy atom. The van der Waals surface area contributed by atoms with Gasteiger partial charge in [0.25, 0.3) is 0 Å². The maximum Gasteiger partial charge on any atom is 0.0861 e. The van der Waals surface area contributed by atoms with Crippen molar-refractivity contribution in [3.05, 3.63) is 54.1 Å². The lowest BCUT2D eigenvalue weighted by Crippen LogP contribution is -1.94. The van der Waals surface area contributed by atoms with Gasteiger partial charge in [0.15, 0.2) is 0 Å². The molecular weight excluding hydrogens is 222 g/mol. The first-order valence-corrected chi connectivity index (χ1v) is 5.93. The van der Waals surface area contributed by atoms with Crippen LogP contribution in [0, 0.1) is 0 Å². The van der Waals surface area contributed by atoms with Crippen LogP contribution in [0.1, 0.15) is 5.56 Å².